The molecule has 1 rings (SSSR count). The molecule has 0 bridgehead atoms. The van der Waals surface area contributed by atoms with Gasteiger partial charge in [0, 0.05) is 39.6 Å². The molecule has 1 aliphatic heterocycles. The van der Waals surface area contributed by atoms with Crippen molar-refractivity contribution in [3.8, 4) is 0 Å². The van der Waals surface area contributed by atoms with Crippen LogP contribution in [0.2, 0.25) is 0 Å². The van der Waals surface area contributed by atoms with Gasteiger partial charge in [-0.25, -0.2) is 0 Å². The Hall–Kier alpha value is -0.610. The van der Waals surface area contributed by atoms with Crippen LogP contribution in [0.15, 0.2) is 0 Å². The summed E-state index contributed by atoms with van der Waals surface area (Å²) in [5.74, 6) is 1.40. The molecule has 94 valence electrons. The Labute approximate surface area is 98.8 Å². The Morgan fingerprint density at radius 3 is 2.19 bits per heavy atom. The molecule has 0 radical (unpaired) electrons. The maximum atomic E-state index is 11.2. The van der Waals surface area contributed by atoms with Gasteiger partial charge in [0.25, 0.3) is 0 Å². The van der Waals surface area contributed by atoms with Gasteiger partial charge in [0.15, 0.2) is 0 Å². The van der Waals surface area contributed by atoms with Crippen molar-refractivity contribution in [2.45, 2.75) is 20.8 Å². The van der Waals surface area contributed by atoms with E-state index in [9.17, 15) is 4.79 Å². The van der Waals surface area contributed by atoms with Crippen LogP contribution in [0.25, 0.3) is 0 Å². The smallest absolute Gasteiger partial charge is 0.219 e. The first-order valence-electron chi connectivity index (χ1n) is 6.22. The Morgan fingerprint density at radius 1 is 1.25 bits per heavy atom. The van der Waals surface area contributed by atoms with E-state index in [1.165, 1.54) is 0 Å². The first-order chi connectivity index (χ1) is 7.54. The molecule has 0 aromatic carbocycles. The van der Waals surface area contributed by atoms with Crippen molar-refractivity contribution in [2.75, 3.05) is 39.3 Å². The van der Waals surface area contributed by atoms with E-state index in [-0.39, 0.29) is 5.91 Å². The minimum absolute atomic E-state index is 0.193. The van der Waals surface area contributed by atoms with Crippen LogP contribution in [0.4, 0.5) is 0 Å². The van der Waals surface area contributed by atoms with Crippen molar-refractivity contribution in [1.29, 1.82) is 0 Å². The molecular weight excluding hydrogens is 202 g/mol. The molecule has 4 nitrogen and oxygen atoms in total. The molecule has 1 fully saturated rings. The molecule has 1 atom stereocenters. The third-order valence-corrected chi connectivity index (χ3v) is 3.56. The Morgan fingerprint density at radius 2 is 1.81 bits per heavy atom. The summed E-state index contributed by atoms with van der Waals surface area (Å²) in [7, 11) is 0. The molecule has 2 N–H and O–H groups in total. The molecule has 1 amide bonds. The van der Waals surface area contributed by atoms with Crippen LogP contribution in [0, 0.1) is 11.8 Å². The van der Waals surface area contributed by atoms with Crippen LogP contribution in [0.3, 0.4) is 0 Å². The average Bonchev–Trinajstić information content (AvgIpc) is 2.26. The van der Waals surface area contributed by atoms with Gasteiger partial charge in [0.1, 0.15) is 0 Å². The number of piperazine rings is 1. The topological polar surface area (TPSA) is 49.6 Å². The third-order valence-electron chi connectivity index (χ3n) is 3.56. The second-order valence-corrected chi connectivity index (χ2v) is 5.05. The van der Waals surface area contributed by atoms with E-state index in [1.807, 2.05) is 4.90 Å². The van der Waals surface area contributed by atoms with Gasteiger partial charge in [-0.05, 0) is 18.4 Å². The predicted molar refractivity (Wildman–Crippen MR) is 66.1 cm³/mol. The lowest BCUT2D eigenvalue weighted by Crippen LogP contribution is -2.50. The lowest BCUT2D eigenvalue weighted by molar-refractivity contribution is -0.130. The minimum atomic E-state index is 0.193. The van der Waals surface area contributed by atoms with Crippen LogP contribution in [-0.4, -0.2) is 55.0 Å². The number of hydrogen-bond donors (Lipinski definition) is 1. The first-order valence-corrected chi connectivity index (χ1v) is 6.22. The average molecular weight is 227 g/mol. The van der Waals surface area contributed by atoms with Crippen molar-refractivity contribution in [2.24, 2.45) is 17.6 Å². The zero-order chi connectivity index (χ0) is 12.1. The fourth-order valence-electron chi connectivity index (χ4n) is 2.13. The number of carbonyl (C=O) groups excluding carboxylic acids is 1. The minimum Gasteiger partial charge on any atom is -0.340 e. The highest BCUT2D eigenvalue weighted by Crippen LogP contribution is 2.12. The Kier molecular flexibility index (Phi) is 5.22. The van der Waals surface area contributed by atoms with E-state index < -0.39 is 0 Å². The van der Waals surface area contributed by atoms with Gasteiger partial charge in [-0.2, -0.15) is 0 Å². The lowest BCUT2D eigenvalue weighted by Gasteiger charge is -2.36. The monoisotopic (exact) mass is 227 g/mol. The van der Waals surface area contributed by atoms with Crippen molar-refractivity contribution in [3.63, 3.8) is 0 Å². The summed E-state index contributed by atoms with van der Waals surface area (Å²) in [5, 5.41) is 0. The molecule has 0 saturated carbocycles. The zero-order valence-corrected chi connectivity index (χ0v) is 10.8. The maximum absolute atomic E-state index is 11.2. The summed E-state index contributed by atoms with van der Waals surface area (Å²) in [4.78, 5) is 15.5. The second-order valence-electron chi connectivity index (χ2n) is 5.05. The van der Waals surface area contributed by atoms with Crippen molar-refractivity contribution in [1.82, 2.24) is 9.80 Å². The number of nitrogens with zero attached hydrogens (tertiary/aromatic N) is 2. The van der Waals surface area contributed by atoms with Crippen LogP contribution < -0.4 is 5.73 Å². The molecule has 0 aromatic heterocycles. The quantitative estimate of drug-likeness (QED) is 0.755. The summed E-state index contributed by atoms with van der Waals surface area (Å²) in [6.45, 7) is 11.6. The normalized spacial score (nSPS) is 20.2. The van der Waals surface area contributed by atoms with Crippen LogP contribution in [0.1, 0.15) is 20.8 Å². The molecule has 1 heterocycles. The molecular formula is C12H25N3O. The summed E-state index contributed by atoms with van der Waals surface area (Å²) in [6, 6.07) is 0. The van der Waals surface area contributed by atoms with Gasteiger partial charge in [0.05, 0.1) is 0 Å². The van der Waals surface area contributed by atoms with Crippen LogP contribution >= 0.6 is 0 Å². The van der Waals surface area contributed by atoms with E-state index in [2.05, 4.69) is 18.7 Å². The van der Waals surface area contributed by atoms with E-state index in [0.717, 1.165) is 39.3 Å². The number of carbonyl (C=O) groups is 1. The fraction of sp³-hybridized carbons (Fsp3) is 0.917. The number of nitrogens with two attached hydrogens (primary N) is 1. The fourth-order valence-corrected chi connectivity index (χ4v) is 2.13. The first kappa shape index (κ1) is 13.5. The number of rotatable bonds is 4. The molecule has 0 aliphatic carbocycles. The Balaban J connectivity index is 2.33. The van der Waals surface area contributed by atoms with E-state index in [1.54, 1.807) is 6.92 Å². The second kappa shape index (κ2) is 6.21. The molecule has 1 saturated heterocycles. The highest BCUT2D eigenvalue weighted by molar-refractivity contribution is 5.73. The Bertz CT molecular complexity index is 222. The predicted octanol–water partition coefficient (Wildman–Crippen LogP) is 0.381. The molecule has 16 heavy (non-hydrogen) atoms. The van der Waals surface area contributed by atoms with E-state index >= 15 is 0 Å². The van der Waals surface area contributed by atoms with E-state index in [0.29, 0.717) is 11.8 Å². The summed E-state index contributed by atoms with van der Waals surface area (Å²) in [6.07, 6.45) is 0. The number of amides is 1. The number of hydrogen-bond acceptors (Lipinski definition) is 3. The van der Waals surface area contributed by atoms with Gasteiger partial charge >= 0.3 is 0 Å². The molecule has 1 aliphatic rings. The largest absolute Gasteiger partial charge is 0.340 e. The summed E-state index contributed by atoms with van der Waals surface area (Å²) in [5.41, 5.74) is 5.78. The van der Waals surface area contributed by atoms with Crippen molar-refractivity contribution < 1.29 is 4.79 Å². The van der Waals surface area contributed by atoms with Gasteiger partial charge in [-0.1, -0.05) is 13.8 Å². The summed E-state index contributed by atoms with van der Waals surface area (Å²) >= 11 is 0. The standard InChI is InChI=1S/C12H25N3O/c1-10(2)12(8-13)9-14-4-6-15(7-5-14)11(3)16/h10,12H,4-9,13H2,1-3H3. The van der Waals surface area contributed by atoms with Crippen LogP contribution in [0.5, 0.6) is 0 Å². The molecule has 1 unspecified atom stereocenters. The van der Waals surface area contributed by atoms with E-state index in [4.69, 9.17) is 5.73 Å². The maximum Gasteiger partial charge on any atom is 0.219 e. The highest BCUT2D eigenvalue weighted by atomic mass is 16.2. The zero-order valence-electron chi connectivity index (χ0n) is 10.8. The third kappa shape index (κ3) is 3.76. The lowest BCUT2D eigenvalue weighted by atomic mass is 9.95. The highest BCUT2D eigenvalue weighted by Gasteiger charge is 2.21. The SMILES string of the molecule is CC(=O)N1CCN(CC(CN)C(C)C)CC1. The van der Waals surface area contributed by atoms with Crippen molar-refractivity contribution in [3.05, 3.63) is 0 Å². The van der Waals surface area contributed by atoms with Gasteiger partial charge in [-0.15, -0.1) is 0 Å². The van der Waals surface area contributed by atoms with Gasteiger partial charge in [-0.3, -0.25) is 9.69 Å². The summed E-state index contributed by atoms with van der Waals surface area (Å²) < 4.78 is 0. The molecule has 0 spiro atoms. The van der Waals surface area contributed by atoms with Gasteiger partial charge < -0.3 is 10.6 Å². The molecule has 0 aromatic rings. The molecule has 4 heteroatoms. The van der Waals surface area contributed by atoms with Crippen molar-refractivity contribution >= 4 is 5.91 Å². The van der Waals surface area contributed by atoms with Gasteiger partial charge in [0.2, 0.25) is 5.91 Å². The van der Waals surface area contributed by atoms with Crippen LogP contribution in [-0.2, 0) is 4.79 Å².